The third kappa shape index (κ3) is 4.08. The van der Waals surface area contributed by atoms with Crippen LogP contribution in [0.4, 0.5) is 0 Å². The Hall–Kier alpha value is -4.30. The molecule has 8 heteroatoms. The smallest absolute Gasteiger partial charge is 0.339 e. The maximum atomic E-state index is 12.9. The highest BCUT2D eigenvalue weighted by atomic mass is 32.2. The van der Waals surface area contributed by atoms with Gasteiger partial charge in [-0.3, -0.25) is 0 Å². The van der Waals surface area contributed by atoms with E-state index in [0.717, 1.165) is 5.56 Å². The lowest BCUT2D eigenvalue weighted by molar-refractivity contribution is -0.0459. The summed E-state index contributed by atoms with van der Waals surface area (Å²) < 4.78 is 43.6. The second kappa shape index (κ2) is 8.48. The van der Waals surface area contributed by atoms with Gasteiger partial charge in [-0.2, -0.15) is 8.42 Å². The molecule has 35 heavy (non-hydrogen) atoms. The number of fused-ring (bicyclic) bond motifs is 1. The van der Waals surface area contributed by atoms with Crippen molar-refractivity contribution < 1.29 is 32.0 Å². The Labute approximate surface area is 202 Å². The quantitative estimate of drug-likeness (QED) is 0.376. The first kappa shape index (κ1) is 22.5. The predicted molar refractivity (Wildman–Crippen MR) is 127 cm³/mol. The van der Waals surface area contributed by atoms with E-state index in [1.165, 1.54) is 24.3 Å². The molecule has 1 heterocycles. The number of ether oxygens (including phenoxy) is 2. The molecule has 0 bridgehead atoms. The van der Waals surface area contributed by atoms with Gasteiger partial charge in [0.05, 0.1) is 0 Å². The zero-order chi connectivity index (χ0) is 24.6. The molecular formula is C27H20O7S. The molecule has 0 radical (unpaired) electrons. The molecule has 1 aliphatic rings. The molecule has 0 amide bonds. The van der Waals surface area contributed by atoms with Crippen LogP contribution in [0.25, 0.3) is 0 Å². The summed E-state index contributed by atoms with van der Waals surface area (Å²) in [5.74, 6) is -2.85. The molecule has 0 saturated heterocycles. The summed E-state index contributed by atoms with van der Waals surface area (Å²) in [6.07, 6.45) is 0. The molecule has 7 nitrogen and oxygen atoms in total. The highest BCUT2D eigenvalue weighted by molar-refractivity contribution is 7.87. The van der Waals surface area contributed by atoms with Gasteiger partial charge < -0.3 is 18.8 Å². The fourth-order valence-electron chi connectivity index (χ4n) is 3.86. The summed E-state index contributed by atoms with van der Waals surface area (Å²) in [5.41, 5.74) is 1.85. The van der Waals surface area contributed by atoms with Gasteiger partial charge in [-0.25, -0.2) is 4.79 Å². The molecule has 0 unspecified atom stereocenters. The van der Waals surface area contributed by atoms with Gasteiger partial charge in [0.25, 0.3) is 0 Å². The van der Waals surface area contributed by atoms with Crippen LogP contribution in [0, 0.1) is 6.92 Å². The van der Waals surface area contributed by atoms with Gasteiger partial charge in [0.1, 0.15) is 10.5 Å². The highest BCUT2D eigenvalue weighted by Gasteiger charge is 2.46. The average molecular weight is 489 g/mol. The Balaban J connectivity index is 1.60. The number of rotatable bonds is 6. The fourth-order valence-corrected chi connectivity index (χ4v) is 4.80. The lowest BCUT2D eigenvalue weighted by Gasteiger charge is -2.28. The van der Waals surface area contributed by atoms with Crippen LogP contribution in [-0.4, -0.2) is 19.5 Å². The average Bonchev–Trinajstić information content (AvgIpc) is 3.24. The van der Waals surface area contributed by atoms with E-state index < -0.39 is 21.9 Å². The van der Waals surface area contributed by atoms with Gasteiger partial charge in [0, 0.05) is 23.3 Å². The standard InChI is InChI=1S/C27H20O7S/c1-18-12-14-21(15-13-18)35(30,31)34-23-17-25-24(16-22(23)26(28)29)32-27(33-25,19-8-4-2-5-9-19)20-10-6-3-7-11-20/h2-17H,1H3,(H,28,29). The minimum absolute atomic E-state index is 0.0972. The molecule has 176 valence electrons. The number of hydrogen-bond acceptors (Lipinski definition) is 6. The van der Waals surface area contributed by atoms with E-state index in [-0.39, 0.29) is 27.7 Å². The fraction of sp³-hybridized carbons (Fsp3) is 0.0741. The summed E-state index contributed by atoms with van der Waals surface area (Å²) in [6, 6.07) is 26.9. The first-order valence-electron chi connectivity index (χ1n) is 10.7. The topological polar surface area (TPSA) is 99.1 Å². The van der Waals surface area contributed by atoms with Crippen LogP contribution in [-0.2, 0) is 15.9 Å². The Kier molecular flexibility index (Phi) is 5.45. The van der Waals surface area contributed by atoms with E-state index in [2.05, 4.69) is 0 Å². The summed E-state index contributed by atoms with van der Waals surface area (Å²) >= 11 is 0. The van der Waals surface area contributed by atoms with E-state index in [4.69, 9.17) is 13.7 Å². The molecule has 4 aromatic carbocycles. The van der Waals surface area contributed by atoms with Crippen molar-refractivity contribution >= 4 is 16.1 Å². The molecule has 4 aromatic rings. The Bertz CT molecular complexity index is 1460. The Morgan fingerprint density at radius 2 is 1.31 bits per heavy atom. The van der Waals surface area contributed by atoms with Gasteiger partial charge in [-0.15, -0.1) is 0 Å². The first-order valence-corrected chi connectivity index (χ1v) is 12.1. The minimum Gasteiger partial charge on any atom is -0.478 e. The van der Waals surface area contributed by atoms with Crippen LogP contribution in [0.1, 0.15) is 27.0 Å². The number of carboxylic acid groups (broad SMARTS) is 1. The monoisotopic (exact) mass is 488 g/mol. The normalized spacial score (nSPS) is 13.9. The largest absolute Gasteiger partial charge is 0.478 e. The van der Waals surface area contributed by atoms with E-state index in [9.17, 15) is 18.3 Å². The van der Waals surface area contributed by atoms with Gasteiger partial charge in [0.15, 0.2) is 17.2 Å². The number of aromatic carboxylic acids is 1. The molecular weight excluding hydrogens is 468 g/mol. The van der Waals surface area contributed by atoms with E-state index in [1.54, 1.807) is 12.1 Å². The van der Waals surface area contributed by atoms with Crippen LogP contribution in [0.5, 0.6) is 17.2 Å². The number of carbonyl (C=O) groups is 1. The zero-order valence-corrected chi connectivity index (χ0v) is 19.4. The van der Waals surface area contributed by atoms with Crippen molar-refractivity contribution in [3.8, 4) is 17.2 Å². The molecule has 1 aliphatic heterocycles. The number of aryl methyl sites for hydroxylation is 1. The molecule has 0 fully saturated rings. The van der Waals surface area contributed by atoms with Crippen molar-refractivity contribution in [2.75, 3.05) is 0 Å². The van der Waals surface area contributed by atoms with E-state index in [0.29, 0.717) is 11.1 Å². The summed E-state index contributed by atoms with van der Waals surface area (Å²) in [4.78, 5) is 11.9. The summed E-state index contributed by atoms with van der Waals surface area (Å²) in [5, 5.41) is 9.79. The number of benzene rings is 4. The summed E-state index contributed by atoms with van der Waals surface area (Å²) in [6.45, 7) is 1.82. The van der Waals surface area contributed by atoms with Crippen LogP contribution in [0.3, 0.4) is 0 Å². The second-order valence-corrected chi connectivity index (χ2v) is 9.55. The van der Waals surface area contributed by atoms with Gasteiger partial charge in [-0.1, -0.05) is 78.4 Å². The number of carboxylic acids is 1. The van der Waals surface area contributed by atoms with E-state index >= 15 is 0 Å². The lowest BCUT2D eigenvalue weighted by atomic mass is 9.97. The van der Waals surface area contributed by atoms with Gasteiger partial charge in [-0.05, 0) is 19.1 Å². The van der Waals surface area contributed by atoms with Gasteiger partial charge >= 0.3 is 21.9 Å². The summed E-state index contributed by atoms with van der Waals surface area (Å²) in [7, 11) is -4.30. The predicted octanol–water partition coefficient (Wildman–Crippen LogP) is 5.13. The molecule has 0 aliphatic carbocycles. The molecule has 0 spiro atoms. The van der Waals surface area contributed by atoms with Crippen LogP contribution in [0.2, 0.25) is 0 Å². The highest BCUT2D eigenvalue weighted by Crippen LogP contribution is 2.50. The van der Waals surface area contributed by atoms with Crippen molar-refractivity contribution in [2.45, 2.75) is 17.6 Å². The van der Waals surface area contributed by atoms with Crippen molar-refractivity contribution in [3.63, 3.8) is 0 Å². The SMILES string of the molecule is Cc1ccc(S(=O)(=O)Oc2cc3c(cc2C(=O)O)OC(c2ccccc2)(c2ccccc2)O3)cc1. The molecule has 1 N–H and O–H groups in total. The number of hydrogen-bond donors (Lipinski definition) is 1. The van der Waals surface area contributed by atoms with Crippen molar-refractivity contribution in [1.29, 1.82) is 0 Å². The molecule has 5 rings (SSSR count). The van der Waals surface area contributed by atoms with Crippen LogP contribution >= 0.6 is 0 Å². The lowest BCUT2D eigenvalue weighted by Crippen LogP contribution is -2.36. The maximum absolute atomic E-state index is 12.9. The molecule has 0 atom stereocenters. The Morgan fingerprint density at radius 3 is 1.83 bits per heavy atom. The first-order chi connectivity index (χ1) is 16.8. The second-order valence-electron chi connectivity index (χ2n) is 8.00. The van der Waals surface area contributed by atoms with Crippen molar-refractivity contribution in [2.24, 2.45) is 0 Å². The van der Waals surface area contributed by atoms with Crippen molar-refractivity contribution in [1.82, 2.24) is 0 Å². The molecule has 0 aromatic heterocycles. The maximum Gasteiger partial charge on any atom is 0.339 e. The van der Waals surface area contributed by atoms with Gasteiger partial charge in [0.2, 0.25) is 0 Å². The molecule has 0 saturated carbocycles. The Morgan fingerprint density at radius 1 is 0.800 bits per heavy atom. The van der Waals surface area contributed by atoms with Crippen LogP contribution in [0.15, 0.2) is 102 Å². The van der Waals surface area contributed by atoms with Crippen LogP contribution < -0.4 is 13.7 Å². The van der Waals surface area contributed by atoms with E-state index in [1.807, 2.05) is 67.6 Å². The van der Waals surface area contributed by atoms with Crippen molar-refractivity contribution in [3.05, 3.63) is 119 Å². The third-order valence-electron chi connectivity index (χ3n) is 5.60. The third-order valence-corrected chi connectivity index (χ3v) is 6.85. The zero-order valence-electron chi connectivity index (χ0n) is 18.5. The minimum atomic E-state index is -4.30.